The third kappa shape index (κ3) is 6.15. The molecule has 0 aromatic heterocycles. The average molecular weight is 424 g/mol. The van der Waals surface area contributed by atoms with Gasteiger partial charge in [-0.25, -0.2) is 13.4 Å². The normalized spacial score (nSPS) is 22.1. The SMILES string of the molecule is CCN1CCCC1CNC(N)=NCc1ccccc1CS(=O)(=O)N1CCOCC1. The molecule has 2 aliphatic rings. The maximum Gasteiger partial charge on any atom is 0.218 e. The van der Waals surface area contributed by atoms with Gasteiger partial charge in [0.25, 0.3) is 0 Å². The van der Waals surface area contributed by atoms with E-state index >= 15 is 0 Å². The molecular formula is C20H33N5O3S. The minimum absolute atomic E-state index is 0.0282. The fourth-order valence-corrected chi connectivity index (χ4v) is 5.52. The first-order valence-electron chi connectivity index (χ1n) is 10.4. The largest absolute Gasteiger partial charge is 0.379 e. The second-order valence-electron chi connectivity index (χ2n) is 7.54. The lowest BCUT2D eigenvalue weighted by Crippen LogP contribution is -2.42. The highest BCUT2D eigenvalue weighted by molar-refractivity contribution is 7.88. The van der Waals surface area contributed by atoms with Gasteiger partial charge in [0.2, 0.25) is 10.0 Å². The fourth-order valence-electron chi connectivity index (χ4n) is 3.96. The lowest BCUT2D eigenvalue weighted by atomic mass is 10.1. The van der Waals surface area contributed by atoms with Crippen molar-refractivity contribution in [2.75, 3.05) is 45.9 Å². The minimum Gasteiger partial charge on any atom is -0.379 e. The number of guanidine groups is 1. The molecule has 0 aliphatic carbocycles. The summed E-state index contributed by atoms with van der Waals surface area (Å²) in [4.78, 5) is 6.90. The van der Waals surface area contributed by atoms with Crippen LogP contribution in [0.2, 0.25) is 0 Å². The number of morpholine rings is 1. The van der Waals surface area contributed by atoms with Gasteiger partial charge in [-0.1, -0.05) is 31.2 Å². The first-order valence-corrected chi connectivity index (χ1v) is 12.0. The van der Waals surface area contributed by atoms with E-state index < -0.39 is 10.0 Å². The highest BCUT2D eigenvalue weighted by atomic mass is 32.2. The number of likely N-dealkylation sites (N-methyl/N-ethyl adjacent to an activating group) is 1. The Morgan fingerprint density at radius 1 is 1.24 bits per heavy atom. The molecule has 2 saturated heterocycles. The summed E-state index contributed by atoms with van der Waals surface area (Å²) < 4.78 is 32.3. The van der Waals surface area contributed by atoms with Crippen molar-refractivity contribution in [2.24, 2.45) is 10.7 Å². The molecule has 1 aromatic rings. The second-order valence-corrected chi connectivity index (χ2v) is 9.51. The molecule has 0 bridgehead atoms. The van der Waals surface area contributed by atoms with Gasteiger partial charge in [-0.2, -0.15) is 4.31 Å². The Labute approximate surface area is 174 Å². The Bertz CT molecular complexity index is 793. The van der Waals surface area contributed by atoms with E-state index in [1.807, 2.05) is 24.3 Å². The van der Waals surface area contributed by atoms with Crippen LogP contribution in [0.15, 0.2) is 29.3 Å². The average Bonchev–Trinajstić information content (AvgIpc) is 3.19. The summed E-state index contributed by atoms with van der Waals surface area (Å²) in [5.74, 6) is 0.373. The molecule has 0 amide bonds. The van der Waals surface area contributed by atoms with Crippen LogP contribution in [0.1, 0.15) is 30.9 Å². The molecule has 2 heterocycles. The molecule has 29 heavy (non-hydrogen) atoms. The molecule has 1 unspecified atom stereocenters. The number of likely N-dealkylation sites (tertiary alicyclic amines) is 1. The van der Waals surface area contributed by atoms with Crippen molar-refractivity contribution in [3.63, 3.8) is 0 Å². The van der Waals surface area contributed by atoms with Crippen LogP contribution >= 0.6 is 0 Å². The van der Waals surface area contributed by atoms with Gasteiger partial charge in [-0.3, -0.25) is 4.90 Å². The molecule has 0 spiro atoms. The second kappa shape index (κ2) is 10.4. The summed E-state index contributed by atoms with van der Waals surface area (Å²) in [5, 5.41) is 3.22. The highest BCUT2D eigenvalue weighted by Crippen LogP contribution is 2.18. The molecule has 2 fully saturated rings. The number of nitrogens with two attached hydrogens (primary N) is 1. The van der Waals surface area contributed by atoms with Gasteiger partial charge in [0.1, 0.15) is 0 Å². The number of hydrogen-bond acceptors (Lipinski definition) is 5. The fraction of sp³-hybridized carbons (Fsp3) is 0.650. The molecule has 9 heteroatoms. The van der Waals surface area contributed by atoms with Gasteiger partial charge in [-0.05, 0) is 37.1 Å². The molecule has 1 aromatic carbocycles. The quantitative estimate of drug-likeness (QED) is 0.472. The van der Waals surface area contributed by atoms with Gasteiger partial charge >= 0.3 is 0 Å². The van der Waals surface area contributed by atoms with Gasteiger partial charge in [-0.15, -0.1) is 0 Å². The van der Waals surface area contributed by atoms with Crippen LogP contribution in [0, 0.1) is 0 Å². The van der Waals surface area contributed by atoms with Crippen molar-refractivity contribution >= 4 is 16.0 Å². The van der Waals surface area contributed by atoms with Gasteiger partial charge in [0, 0.05) is 25.7 Å². The predicted molar refractivity (Wildman–Crippen MR) is 115 cm³/mol. The van der Waals surface area contributed by atoms with Crippen LogP contribution in [-0.4, -0.2) is 75.6 Å². The van der Waals surface area contributed by atoms with Crippen molar-refractivity contribution in [3.8, 4) is 0 Å². The van der Waals surface area contributed by atoms with Crippen molar-refractivity contribution in [3.05, 3.63) is 35.4 Å². The van der Waals surface area contributed by atoms with Gasteiger partial charge in [0.15, 0.2) is 5.96 Å². The van der Waals surface area contributed by atoms with Crippen LogP contribution in [0.5, 0.6) is 0 Å². The number of hydrogen-bond donors (Lipinski definition) is 2. The number of aliphatic imine (C=N–C) groups is 1. The minimum atomic E-state index is -3.38. The van der Waals surface area contributed by atoms with E-state index in [2.05, 4.69) is 22.1 Å². The molecule has 1 atom stereocenters. The number of nitrogens with zero attached hydrogens (tertiary/aromatic N) is 3. The van der Waals surface area contributed by atoms with Crippen LogP contribution in [-0.2, 0) is 27.1 Å². The van der Waals surface area contributed by atoms with Crippen molar-refractivity contribution in [1.29, 1.82) is 0 Å². The summed E-state index contributed by atoms with van der Waals surface area (Å²) >= 11 is 0. The number of sulfonamides is 1. The highest BCUT2D eigenvalue weighted by Gasteiger charge is 2.25. The van der Waals surface area contributed by atoms with E-state index in [-0.39, 0.29) is 5.75 Å². The molecule has 8 nitrogen and oxygen atoms in total. The van der Waals surface area contributed by atoms with Crippen molar-refractivity contribution < 1.29 is 13.2 Å². The number of nitrogens with one attached hydrogen (secondary N) is 1. The monoisotopic (exact) mass is 423 g/mol. The number of rotatable bonds is 8. The Hall–Kier alpha value is -1.68. The van der Waals surface area contributed by atoms with Crippen LogP contribution in [0.3, 0.4) is 0 Å². The van der Waals surface area contributed by atoms with E-state index in [0.29, 0.717) is 44.8 Å². The topological polar surface area (TPSA) is 100 Å². The maximum atomic E-state index is 12.7. The molecular weight excluding hydrogens is 390 g/mol. The lowest BCUT2D eigenvalue weighted by Gasteiger charge is -2.26. The lowest BCUT2D eigenvalue weighted by molar-refractivity contribution is 0.0729. The first kappa shape index (κ1) is 22.0. The van der Waals surface area contributed by atoms with Crippen molar-refractivity contribution in [1.82, 2.24) is 14.5 Å². The van der Waals surface area contributed by atoms with Crippen LogP contribution in [0.25, 0.3) is 0 Å². The third-order valence-electron chi connectivity index (χ3n) is 5.66. The summed E-state index contributed by atoms with van der Waals surface area (Å²) in [6, 6.07) is 8.02. The zero-order chi connectivity index (χ0) is 20.7. The van der Waals surface area contributed by atoms with E-state index in [0.717, 1.165) is 30.8 Å². The zero-order valence-electron chi connectivity index (χ0n) is 17.2. The molecule has 3 N–H and O–H groups in total. The van der Waals surface area contributed by atoms with E-state index in [1.165, 1.54) is 17.1 Å². The molecule has 3 rings (SSSR count). The van der Waals surface area contributed by atoms with Gasteiger partial charge in [0.05, 0.1) is 25.5 Å². The van der Waals surface area contributed by atoms with E-state index in [1.54, 1.807) is 0 Å². The zero-order valence-corrected chi connectivity index (χ0v) is 18.0. The number of benzene rings is 1. The van der Waals surface area contributed by atoms with Crippen LogP contribution < -0.4 is 11.1 Å². The molecule has 0 saturated carbocycles. The molecule has 162 valence electrons. The third-order valence-corrected chi connectivity index (χ3v) is 7.49. The Morgan fingerprint density at radius 2 is 1.97 bits per heavy atom. The summed E-state index contributed by atoms with van der Waals surface area (Å²) in [5.41, 5.74) is 7.71. The molecule has 0 radical (unpaired) electrons. The summed E-state index contributed by atoms with van der Waals surface area (Å²) in [7, 11) is -3.38. The van der Waals surface area contributed by atoms with Gasteiger partial charge < -0.3 is 15.8 Å². The van der Waals surface area contributed by atoms with Crippen LogP contribution in [0.4, 0.5) is 0 Å². The Kier molecular flexibility index (Phi) is 7.88. The van der Waals surface area contributed by atoms with E-state index in [4.69, 9.17) is 10.5 Å². The first-order chi connectivity index (χ1) is 14.0. The predicted octanol–water partition coefficient (Wildman–Crippen LogP) is 0.737. The maximum absolute atomic E-state index is 12.7. The number of ether oxygens (including phenoxy) is 1. The summed E-state index contributed by atoms with van der Waals surface area (Å²) in [6.07, 6.45) is 2.40. The Balaban J connectivity index is 1.59. The van der Waals surface area contributed by atoms with Crippen molar-refractivity contribution in [2.45, 2.75) is 38.1 Å². The smallest absolute Gasteiger partial charge is 0.218 e. The summed E-state index contributed by atoms with van der Waals surface area (Å²) in [6.45, 7) is 7.24. The Morgan fingerprint density at radius 3 is 2.69 bits per heavy atom. The van der Waals surface area contributed by atoms with E-state index in [9.17, 15) is 8.42 Å². The molecule has 2 aliphatic heterocycles. The standard InChI is InChI=1S/C20H33N5O3S/c1-2-24-9-5-8-19(24)15-23-20(21)22-14-17-6-3-4-7-18(17)16-29(26,27)25-10-12-28-13-11-25/h3-4,6-7,19H,2,5,8-16H2,1H3,(H3,21,22,23).